The number of urea groups is 1. The van der Waals surface area contributed by atoms with E-state index in [-0.39, 0.29) is 24.9 Å². The number of rotatable bonds is 3. The number of amides is 3. The normalized spacial score (nSPS) is 20.3. The van der Waals surface area contributed by atoms with Crippen molar-refractivity contribution in [2.24, 2.45) is 0 Å². The van der Waals surface area contributed by atoms with Gasteiger partial charge in [0.2, 0.25) is 0 Å². The number of methoxy groups -OCH3 is 1. The molecule has 0 spiro atoms. The minimum Gasteiger partial charge on any atom is -0.469 e. The average molecular weight is 288 g/mol. The first-order chi connectivity index (χ1) is 10.1. The molecule has 6 nitrogen and oxygen atoms in total. The minimum absolute atomic E-state index is 0.0293. The summed E-state index contributed by atoms with van der Waals surface area (Å²) in [5.74, 6) is -0.651. The fourth-order valence-corrected chi connectivity index (χ4v) is 2.88. The lowest BCUT2D eigenvalue weighted by Crippen LogP contribution is -2.39. The van der Waals surface area contributed by atoms with Crippen LogP contribution in [0.2, 0.25) is 0 Å². The fraction of sp³-hybridized carbons (Fsp3) is 0.400. The topological polar surface area (TPSA) is 66.9 Å². The molecule has 0 bridgehead atoms. The lowest BCUT2D eigenvalue weighted by Gasteiger charge is -2.28. The van der Waals surface area contributed by atoms with Gasteiger partial charge in [-0.05, 0) is 11.1 Å². The van der Waals surface area contributed by atoms with Crippen LogP contribution in [0, 0.1) is 0 Å². The Bertz CT molecular complexity index is 570. The zero-order valence-electron chi connectivity index (χ0n) is 11.7. The van der Waals surface area contributed by atoms with Gasteiger partial charge in [-0.1, -0.05) is 24.3 Å². The van der Waals surface area contributed by atoms with E-state index in [4.69, 9.17) is 0 Å². The minimum atomic E-state index is -0.440. The van der Waals surface area contributed by atoms with Gasteiger partial charge in [-0.2, -0.15) is 0 Å². The summed E-state index contributed by atoms with van der Waals surface area (Å²) < 4.78 is 4.55. The number of carbonyl (C=O) groups is 3. The van der Waals surface area contributed by atoms with Crippen molar-refractivity contribution in [1.29, 1.82) is 0 Å². The Morgan fingerprint density at radius 2 is 2.00 bits per heavy atom. The van der Waals surface area contributed by atoms with Crippen LogP contribution < -0.4 is 0 Å². The van der Waals surface area contributed by atoms with E-state index in [2.05, 4.69) is 4.74 Å². The van der Waals surface area contributed by atoms with E-state index < -0.39 is 12.0 Å². The number of ether oxygens (including phenoxy) is 1. The molecule has 110 valence electrons. The maximum Gasteiger partial charge on any atom is 0.327 e. The number of benzene rings is 1. The lowest BCUT2D eigenvalue weighted by atomic mass is 9.95. The van der Waals surface area contributed by atoms with Gasteiger partial charge >= 0.3 is 12.0 Å². The molecule has 0 radical (unpaired) electrons. The Labute approximate surface area is 122 Å². The van der Waals surface area contributed by atoms with E-state index in [1.54, 1.807) is 4.90 Å². The molecule has 2 aliphatic rings. The van der Waals surface area contributed by atoms with E-state index in [0.717, 1.165) is 16.0 Å². The van der Waals surface area contributed by atoms with Crippen LogP contribution in [0.1, 0.15) is 17.5 Å². The average Bonchev–Trinajstić information content (AvgIpc) is 2.74. The maximum atomic E-state index is 12.4. The highest BCUT2D eigenvalue weighted by atomic mass is 16.5. The third-order valence-electron chi connectivity index (χ3n) is 4.04. The van der Waals surface area contributed by atoms with Crippen LogP contribution >= 0.6 is 0 Å². The molecule has 0 aromatic heterocycles. The van der Waals surface area contributed by atoms with Gasteiger partial charge in [-0.25, -0.2) is 4.79 Å². The molecule has 6 heteroatoms. The molecule has 2 heterocycles. The van der Waals surface area contributed by atoms with Crippen molar-refractivity contribution in [2.45, 2.75) is 25.4 Å². The molecular weight excluding hydrogens is 272 g/mol. The molecule has 1 fully saturated rings. The molecule has 1 saturated heterocycles. The van der Waals surface area contributed by atoms with Gasteiger partial charge in [-0.15, -0.1) is 0 Å². The van der Waals surface area contributed by atoms with Crippen molar-refractivity contribution in [1.82, 2.24) is 9.80 Å². The molecule has 0 saturated carbocycles. The Hall–Kier alpha value is -2.37. The summed E-state index contributed by atoms with van der Waals surface area (Å²) in [5, 5.41) is 0. The fourth-order valence-electron chi connectivity index (χ4n) is 2.88. The third kappa shape index (κ3) is 2.26. The van der Waals surface area contributed by atoms with Crippen LogP contribution in [-0.4, -0.2) is 47.4 Å². The first kappa shape index (κ1) is 13.6. The largest absolute Gasteiger partial charge is 0.469 e. The molecule has 1 aromatic carbocycles. The Morgan fingerprint density at radius 1 is 1.29 bits per heavy atom. The molecule has 21 heavy (non-hydrogen) atoms. The van der Waals surface area contributed by atoms with Crippen LogP contribution in [0.5, 0.6) is 0 Å². The smallest absolute Gasteiger partial charge is 0.327 e. The monoisotopic (exact) mass is 288 g/mol. The molecular formula is C15H16N2O4. The highest BCUT2D eigenvalue weighted by Gasteiger charge is 2.46. The lowest BCUT2D eigenvalue weighted by molar-refractivity contribution is -0.141. The predicted molar refractivity (Wildman–Crippen MR) is 73.2 cm³/mol. The van der Waals surface area contributed by atoms with Crippen molar-refractivity contribution in [3.8, 4) is 0 Å². The first-order valence-corrected chi connectivity index (χ1v) is 6.87. The van der Waals surface area contributed by atoms with Crippen LogP contribution in [-0.2, 0) is 27.3 Å². The summed E-state index contributed by atoms with van der Waals surface area (Å²) in [6.07, 6.45) is 0.566. The molecule has 0 unspecified atom stereocenters. The molecule has 1 atom stereocenters. The SMILES string of the molecule is COC(=O)CCN1C(=O)[C@H]2Cc3ccccc3CN2C1=O. The van der Waals surface area contributed by atoms with Crippen molar-refractivity contribution < 1.29 is 19.1 Å². The van der Waals surface area contributed by atoms with Gasteiger partial charge < -0.3 is 9.64 Å². The van der Waals surface area contributed by atoms with E-state index in [1.165, 1.54) is 7.11 Å². The van der Waals surface area contributed by atoms with Gasteiger partial charge in [-0.3, -0.25) is 14.5 Å². The Morgan fingerprint density at radius 3 is 2.71 bits per heavy atom. The van der Waals surface area contributed by atoms with E-state index in [9.17, 15) is 14.4 Å². The van der Waals surface area contributed by atoms with Gasteiger partial charge in [0.15, 0.2) is 0 Å². The van der Waals surface area contributed by atoms with E-state index in [0.29, 0.717) is 13.0 Å². The van der Waals surface area contributed by atoms with Crippen LogP contribution in [0.15, 0.2) is 24.3 Å². The van der Waals surface area contributed by atoms with Gasteiger partial charge in [0.05, 0.1) is 13.5 Å². The molecule has 3 amide bonds. The Kier molecular flexibility index (Phi) is 3.37. The van der Waals surface area contributed by atoms with Crippen molar-refractivity contribution in [3.63, 3.8) is 0 Å². The zero-order valence-corrected chi connectivity index (χ0v) is 11.7. The maximum absolute atomic E-state index is 12.4. The van der Waals surface area contributed by atoms with Gasteiger partial charge in [0.25, 0.3) is 5.91 Å². The third-order valence-corrected chi connectivity index (χ3v) is 4.04. The van der Waals surface area contributed by atoms with Gasteiger partial charge in [0.1, 0.15) is 6.04 Å². The number of nitrogens with zero attached hydrogens (tertiary/aromatic N) is 2. The second-order valence-corrected chi connectivity index (χ2v) is 5.22. The van der Waals surface area contributed by atoms with Crippen LogP contribution in [0.4, 0.5) is 4.79 Å². The first-order valence-electron chi connectivity index (χ1n) is 6.87. The number of hydrogen-bond donors (Lipinski definition) is 0. The highest BCUT2D eigenvalue weighted by molar-refractivity contribution is 6.04. The number of imide groups is 1. The van der Waals surface area contributed by atoms with E-state index >= 15 is 0 Å². The summed E-state index contributed by atoms with van der Waals surface area (Å²) in [7, 11) is 1.29. The van der Waals surface area contributed by atoms with Crippen molar-refractivity contribution in [3.05, 3.63) is 35.4 Å². The molecule has 1 aromatic rings. The Balaban J connectivity index is 1.78. The standard InChI is InChI=1S/C15H16N2O4/c1-21-13(18)6-7-16-14(19)12-8-10-4-2-3-5-11(10)9-17(12)15(16)20/h2-5,12H,6-9H2,1H3/t12-/m1/s1. The second kappa shape index (κ2) is 5.20. The predicted octanol–water partition coefficient (Wildman–Crippen LogP) is 0.939. The molecule has 3 rings (SSSR count). The highest BCUT2D eigenvalue weighted by Crippen LogP contribution is 2.29. The van der Waals surface area contributed by atoms with E-state index in [1.807, 2.05) is 24.3 Å². The zero-order chi connectivity index (χ0) is 15.0. The van der Waals surface area contributed by atoms with Gasteiger partial charge in [0, 0.05) is 19.5 Å². The second-order valence-electron chi connectivity index (χ2n) is 5.22. The summed E-state index contributed by atoms with van der Waals surface area (Å²) in [5.41, 5.74) is 2.18. The summed E-state index contributed by atoms with van der Waals surface area (Å²) in [6, 6.07) is 7.07. The molecule has 2 aliphatic heterocycles. The number of hydrogen-bond acceptors (Lipinski definition) is 4. The summed E-state index contributed by atoms with van der Waals surface area (Å²) in [4.78, 5) is 38.6. The molecule has 0 aliphatic carbocycles. The number of carbonyl (C=O) groups excluding carboxylic acids is 3. The number of esters is 1. The quantitative estimate of drug-likeness (QED) is 0.613. The van der Waals surface area contributed by atoms with Crippen molar-refractivity contribution in [2.75, 3.05) is 13.7 Å². The summed E-state index contributed by atoms with van der Waals surface area (Å²) in [6.45, 7) is 0.522. The van der Waals surface area contributed by atoms with Crippen LogP contribution in [0.25, 0.3) is 0 Å². The number of fused-ring (bicyclic) bond motifs is 2. The molecule has 0 N–H and O–H groups in total. The van der Waals surface area contributed by atoms with Crippen molar-refractivity contribution >= 4 is 17.9 Å². The summed E-state index contributed by atoms with van der Waals surface area (Å²) >= 11 is 0. The van der Waals surface area contributed by atoms with Crippen LogP contribution in [0.3, 0.4) is 0 Å².